The minimum Gasteiger partial charge on any atom is -0.366 e. The van der Waals surface area contributed by atoms with Crippen molar-refractivity contribution in [1.29, 1.82) is 0 Å². The Balaban J connectivity index is 1.97. The zero-order chi connectivity index (χ0) is 10.8. The fourth-order valence-corrected chi connectivity index (χ4v) is 1.97. The van der Waals surface area contributed by atoms with Gasteiger partial charge in [-0.2, -0.15) is 4.98 Å². The van der Waals surface area contributed by atoms with Crippen LogP contribution in [0.2, 0.25) is 0 Å². The van der Waals surface area contributed by atoms with Gasteiger partial charge in [-0.25, -0.2) is 0 Å². The van der Waals surface area contributed by atoms with Crippen molar-refractivity contribution >= 4 is 11.9 Å². The summed E-state index contributed by atoms with van der Waals surface area (Å²) < 4.78 is 0. The molecule has 0 bridgehead atoms. The summed E-state index contributed by atoms with van der Waals surface area (Å²) in [6, 6.07) is 0.254. The number of hydrogen-bond donors (Lipinski definition) is 3. The second-order valence-electron chi connectivity index (χ2n) is 4.03. The quantitative estimate of drug-likeness (QED) is 0.652. The summed E-state index contributed by atoms with van der Waals surface area (Å²) in [5.74, 6) is 0.596. The molecular weight excluding hydrogens is 194 g/mol. The Morgan fingerprint density at radius 2 is 2.40 bits per heavy atom. The topological polar surface area (TPSA) is 96.7 Å². The van der Waals surface area contributed by atoms with Gasteiger partial charge < -0.3 is 11.1 Å². The van der Waals surface area contributed by atoms with Gasteiger partial charge in [-0.1, -0.05) is 13.3 Å². The molecule has 0 aromatic carbocycles. The number of carbonyl (C=O) groups excluding carboxylic acids is 1. The maximum absolute atomic E-state index is 11.7. The lowest BCUT2D eigenvalue weighted by Crippen LogP contribution is -2.37. The fraction of sp³-hybridized carbons (Fsp3) is 0.667. The number of hydrogen-bond acceptors (Lipinski definition) is 4. The summed E-state index contributed by atoms with van der Waals surface area (Å²) in [4.78, 5) is 15.4. The van der Waals surface area contributed by atoms with Crippen molar-refractivity contribution in [3.8, 4) is 0 Å². The van der Waals surface area contributed by atoms with Gasteiger partial charge in [0.25, 0.3) is 5.91 Å². The van der Waals surface area contributed by atoms with Gasteiger partial charge in [-0.05, 0) is 18.8 Å². The van der Waals surface area contributed by atoms with Gasteiger partial charge in [0.05, 0.1) is 0 Å². The highest BCUT2D eigenvalue weighted by Crippen LogP contribution is 2.24. The summed E-state index contributed by atoms with van der Waals surface area (Å²) in [5.41, 5.74) is 5.32. The molecule has 1 saturated carbocycles. The molecule has 2 rings (SSSR count). The van der Waals surface area contributed by atoms with Crippen LogP contribution < -0.4 is 11.1 Å². The van der Waals surface area contributed by atoms with Crippen LogP contribution in [0.25, 0.3) is 0 Å². The highest BCUT2D eigenvalue weighted by atomic mass is 16.2. The molecule has 2 unspecified atom stereocenters. The Morgan fingerprint density at radius 1 is 1.60 bits per heavy atom. The Kier molecular flexibility index (Phi) is 2.57. The van der Waals surface area contributed by atoms with E-state index in [4.69, 9.17) is 5.73 Å². The maximum Gasteiger partial charge on any atom is 0.288 e. The lowest BCUT2D eigenvalue weighted by molar-refractivity contribution is 0.0919. The van der Waals surface area contributed by atoms with Crippen LogP contribution in [-0.4, -0.2) is 27.1 Å². The molecule has 2 atom stereocenters. The van der Waals surface area contributed by atoms with Crippen molar-refractivity contribution in [2.24, 2.45) is 5.92 Å². The van der Waals surface area contributed by atoms with E-state index in [2.05, 4.69) is 27.4 Å². The number of carbonyl (C=O) groups is 1. The van der Waals surface area contributed by atoms with Crippen LogP contribution in [0.1, 0.15) is 36.8 Å². The smallest absolute Gasteiger partial charge is 0.288 e. The van der Waals surface area contributed by atoms with Crippen molar-refractivity contribution < 1.29 is 4.79 Å². The first-order chi connectivity index (χ1) is 7.16. The van der Waals surface area contributed by atoms with E-state index in [9.17, 15) is 4.79 Å². The van der Waals surface area contributed by atoms with Crippen LogP contribution in [0.5, 0.6) is 0 Å². The number of nitrogens with one attached hydrogen (secondary N) is 2. The molecule has 1 fully saturated rings. The standard InChI is InChI=1S/C9H15N5O/c1-5-3-2-4-6(5)11-8(15)7-12-9(10)14-13-7/h5-6H,2-4H2,1H3,(H,11,15)(H3,10,12,13,14). The predicted molar refractivity (Wildman–Crippen MR) is 55.1 cm³/mol. The molecule has 4 N–H and O–H groups in total. The lowest BCUT2D eigenvalue weighted by Gasteiger charge is -2.15. The first kappa shape index (κ1) is 9.95. The summed E-state index contributed by atoms with van der Waals surface area (Å²) in [6.07, 6.45) is 3.38. The number of rotatable bonds is 2. The average Bonchev–Trinajstić information content (AvgIpc) is 2.77. The molecule has 1 amide bonds. The number of nitrogens with zero attached hydrogens (tertiary/aromatic N) is 2. The third kappa shape index (κ3) is 2.08. The maximum atomic E-state index is 11.7. The van der Waals surface area contributed by atoms with Crippen molar-refractivity contribution in [3.05, 3.63) is 5.82 Å². The van der Waals surface area contributed by atoms with E-state index in [1.807, 2.05) is 0 Å². The Morgan fingerprint density at radius 3 is 2.93 bits per heavy atom. The number of amides is 1. The van der Waals surface area contributed by atoms with Crippen molar-refractivity contribution in [2.45, 2.75) is 32.2 Å². The molecular formula is C9H15N5O. The molecule has 15 heavy (non-hydrogen) atoms. The second-order valence-corrected chi connectivity index (χ2v) is 4.03. The summed E-state index contributed by atoms with van der Waals surface area (Å²) in [5, 5.41) is 9.04. The van der Waals surface area contributed by atoms with Crippen molar-refractivity contribution in [1.82, 2.24) is 20.5 Å². The summed E-state index contributed by atoms with van der Waals surface area (Å²) >= 11 is 0. The monoisotopic (exact) mass is 209 g/mol. The number of nitrogens with two attached hydrogens (primary N) is 1. The van der Waals surface area contributed by atoms with Crippen LogP contribution in [0.3, 0.4) is 0 Å². The van der Waals surface area contributed by atoms with Crippen LogP contribution >= 0.6 is 0 Å². The number of anilines is 1. The summed E-state index contributed by atoms with van der Waals surface area (Å²) in [7, 11) is 0. The number of aromatic nitrogens is 3. The van der Waals surface area contributed by atoms with E-state index in [0.717, 1.165) is 6.42 Å². The molecule has 1 heterocycles. The SMILES string of the molecule is CC1CCCC1NC(=O)c1nc(N)n[nH]1. The molecule has 0 spiro atoms. The summed E-state index contributed by atoms with van der Waals surface area (Å²) in [6.45, 7) is 2.15. The molecule has 82 valence electrons. The van der Waals surface area contributed by atoms with Gasteiger partial charge >= 0.3 is 0 Å². The molecule has 1 aromatic rings. The molecule has 0 aliphatic heterocycles. The molecule has 0 saturated heterocycles. The third-order valence-electron chi connectivity index (χ3n) is 2.90. The van der Waals surface area contributed by atoms with Gasteiger partial charge in [0.2, 0.25) is 11.8 Å². The van der Waals surface area contributed by atoms with Crippen LogP contribution in [0, 0.1) is 5.92 Å². The zero-order valence-corrected chi connectivity index (χ0v) is 8.66. The zero-order valence-electron chi connectivity index (χ0n) is 8.66. The van der Waals surface area contributed by atoms with Gasteiger partial charge in [0.15, 0.2) is 0 Å². The van der Waals surface area contributed by atoms with Crippen LogP contribution in [0.4, 0.5) is 5.95 Å². The Bertz CT molecular complexity index is 361. The van der Waals surface area contributed by atoms with Crippen LogP contribution in [0.15, 0.2) is 0 Å². The van der Waals surface area contributed by atoms with Gasteiger partial charge in [0, 0.05) is 6.04 Å². The molecule has 1 aliphatic rings. The lowest BCUT2D eigenvalue weighted by atomic mass is 10.1. The van der Waals surface area contributed by atoms with E-state index in [1.54, 1.807) is 0 Å². The minimum atomic E-state index is -0.224. The normalized spacial score (nSPS) is 25.4. The van der Waals surface area contributed by atoms with Crippen molar-refractivity contribution in [2.75, 3.05) is 5.73 Å². The van der Waals surface area contributed by atoms with Crippen molar-refractivity contribution in [3.63, 3.8) is 0 Å². The van der Waals surface area contributed by atoms with Gasteiger partial charge in [-0.3, -0.25) is 9.89 Å². The Labute approximate surface area is 87.6 Å². The Hall–Kier alpha value is -1.59. The molecule has 6 heteroatoms. The van der Waals surface area contributed by atoms with E-state index in [1.165, 1.54) is 12.8 Å². The number of aromatic amines is 1. The molecule has 1 aliphatic carbocycles. The van der Waals surface area contributed by atoms with E-state index >= 15 is 0 Å². The largest absolute Gasteiger partial charge is 0.366 e. The van der Waals surface area contributed by atoms with Gasteiger partial charge in [0.1, 0.15) is 0 Å². The predicted octanol–water partition coefficient (Wildman–Crippen LogP) is 0.305. The molecule has 6 nitrogen and oxygen atoms in total. The van der Waals surface area contributed by atoms with Crippen LogP contribution in [-0.2, 0) is 0 Å². The first-order valence-electron chi connectivity index (χ1n) is 5.15. The van der Waals surface area contributed by atoms with E-state index in [-0.39, 0.29) is 23.7 Å². The minimum absolute atomic E-state index is 0.0969. The van der Waals surface area contributed by atoms with E-state index < -0.39 is 0 Å². The average molecular weight is 209 g/mol. The first-order valence-corrected chi connectivity index (χ1v) is 5.15. The molecule has 1 aromatic heterocycles. The molecule has 0 radical (unpaired) electrons. The number of H-pyrrole nitrogens is 1. The second kappa shape index (κ2) is 3.88. The highest BCUT2D eigenvalue weighted by Gasteiger charge is 2.25. The third-order valence-corrected chi connectivity index (χ3v) is 2.90. The fourth-order valence-electron chi connectivity index (χ4n) is 1.97. The highest BCUT2D eigenvalue weighted by molar-refractivity contribution is 5.90. The number of nitrogen functional groups attached to an aromatic ring is 1. The van der Waals surface area contributed by atoms with Gasteiger partial charge in [-0.15, -0.1) is 5.10 Å². The van der Waals surface area contributed by atoms with E-state index in [0.29, 0.717) is 5.92 Å².